The molecule has 0 radical (unpaired) electrons. The quantitative estimate of drug-likeness (QED) is 0.743. The number of nitrogens with zero attached hydrogens (tertiary/aromatic N) is 2. The van der Waals surface area contributed by atoms with Gasteiger partial charge in [-0.15, -0.1) is 0 Å². The Labute approximate surface area is 123 Å². The summed E-state index contributed by atoms with van der Waals surface area (Å²) in [7, 11) is 3.18. The second kappa shape index (κ2) is 6.04. The molecule has 0 atom stereocenters. The van der Waals surface area contributed by atoms with Crippen LogP contribution in [0.3, 0.4) is 0 Å². The number of methoxy groups -OCH3 is 1. The van der Waals surface area contributed by atoms with E-state index in [1.165, 1.54) is 7.11 Å². The van der Waals surface area contributed by atoms with Gasteiger partial charge in [0.05, 0.1) is 25.2 Å². The Kier molecular flexibility index (Phi) is 4.39. The van der Waals surface area contributed by atoms with E-state index < -0.39 is 0 Å². The van der Waals surface area contributed by atoms with Crippen LogP contribution < -0.4 is 0 Å². The third-order valence-electron chi connectivity index (χ3n) is 2.89. The minimum absolute atomic E-state index is 0.0648. The summed E-state index contributed by atoms with van der Waals surface area (Å²) in [5.74, 6) is -0.411. The molecule has 0 saturated carbocycles. The molecule has 7 heteroatoms. The molecule has 3 rings (SSSR count). The van der Waals surface area contributed by atoms with Gasteiger partial charge in [0.15, 0.2) is 0 Å². The summed E-state index contributed by atoms with van der Waals surface area (Å²) in [4.78, 5) is 25.2. The number of pyridine rings is 1. The van der Waals surface area contributed by atoms with E-state index in [0.717, 1.165) is 15.4 Å². The topological polar surface area (TPSA) is 70.4 Å². The van der Waals surface area contributed by atoms with Crippen molar-refractivity contribution in [2.24, 2.45) is 7.05 Å². The van der Waals surface area contributed by atoms with Crippen molar-refractivity contribution in [2.75, 3.05) is 13.7 Å². The first-order valence-corrected chi connectivity index (χ1v) is 6.66. The molecule has 0 unspecified atom stereocenters. The van der Waals surface area contributed by atoms with Gasteiger partial charge in [-0.2, -0.15) is 0 Å². The molecule has 106 valence electrons. The van der Waals surface area contributed by atoms with Crippen LogP contribution in [0, 0.1) is 0 Å². The molecule has 3 heterocycles. The first kappa shape index (κ1) is 14.5. The number of carbonyl (C=O) groups is 2. The molecule has 2 aromatic rings. The largest absolute Gasteiger partial charge is 0.465 e. The SMILES string of the molecule is COC(=O)c1cc2c(Br)cncc2n1C.O=C1CCO1. The predicted octanol–water partition coefficient (Wildman–Crippen LogP) is 2.06. The molecular formula is C13H13BrN2O4. The van der Waals surface area contributed by atoms with Crippen LogP contribution in [0.5, 0.6) is 0 Å². The standard InChI is InChI=1S/C10H9BrN2O2.C3H4O2/c1-13-8(10(14)15-2)3-6-7(11)4-12-5-9(6)13;4-3-1-2-5-3/h3-5H,1-2H3;1-2H2. The summed E-state index contributed by atoms with van der Waals surface area (Å²) < 4.78 is 11.6. The number of esters is 2. The van der Waals surface area contributed by atoms with Crippen molar-refractivity contribution in [1.29, 1.82) is 0 Å². The van der Waals surface area contributed by atoms with E-state index in [1.54, 1.807) is 23.0 Å². The Morgan fingerprint density at radius 2 is 2.15 bits per heavy atom. The number of hydrogen-bond donors (Lipinski definition) is 0. The number of halogens is 1. The van der Waals surface area contributed by atoms with Crippen LogP contribution in [0.1, 0.15) is 16.9 Å². The molecule has 6 nitrogen and oxygen atoms in total. The van der Waals surface area contributed by atoms with Crippen LogP contribution in [-0.2, 0) is 21.3 Å². The fraction of sp³-hybridized carbons (Fsp3) is 0.308. The average Bonchev–Trinajstić information content (AvgIpc) is 2.76. The van der Waals surface area contributed by atoms with Gasteiger partial charge in [0.25, 0.3) is 0 Å². The first-order valence-electron chi connectivity index (χ1n) is 5.87. The fourth-order valence-corrected chi connectivity index (χ4v) is 2.13. The van der Waals surface area contributed by atoms with E-state index in [1.807, 2.05) is 7.05 Å². The second-order valence-electron chi connectivity index (χ2n) is 4.10. The van der Waals surface area contributed by atoms with Gasteiger partial charge < -0.3 is 14.0 Å². The van der Waals surface area contributed by atoms with Gasteiger partial charge in [-0.05, 0) is 22.0 Å². The van der Waals surface area contributed by atoms with Crippen molar-refractivity contribution in [2.45, 2.75) is 6.42 Å². The number of hydrogen-bond acceptors (Lipinski definition) is 5. The molecule has 2 aromatic heterocycles. The Morgan fingerprint density at radius 1 is 1.50 bits per heavy atom. The Morgan fingerprint density at radius 3 is 2.60 bits per heavy atom. The highest BCUT2D eigenvalue weighted by Gasteiger charge is 2.14. The fourth-order valence-electron chi connectivity index (χ4n) is 1.69. The van der Waals surface area contributed by atoms with Crippen molar-refractivity contribution in [3.05, 3.63) is 28.6 Å². The Balaban J connectivity index is 0.000000247. The lowest BCUT2D eigenvalue weighted by Crippen LogP contribution is -2.18. The molecule has 0 bridgehead atoms. The van der Waals surface area contributed by atoms with Crippen LogP contribution in [0.15, 0.2) is 22.9 Å². The molecule has 0 aliphatic carbocycles. The van der Waals surface area contributed by atoms with Crippen molar-refractivity contribution < 1.29 is 19.1 Å². The van der Waals surface area contributed by atoms with E-state index in [-0.39, 0.29) is 11.9 Å². The monoisotopic (exact) mass is 340 g/mol. The number of carbonyl (C=O) groups excluding carboxylic acids is 2. The maximum Gasteiger partial charge on any atom is 0.354 e. The summed E-state index contributed by atoms with van der Waals surface area (Å²) in [6, 6.07) is 1.78. The Hall–Kier alpha value is -1.89. The van der Waals surface area contributed by atoms with Crippen molar-refractivity contribution in [1.82, 2.24) is 9.55 Å². The lowest BCUT2D eigenvalue weighted by Gasteiger charge is -2.09. The maximum absolute atomic E-state index is 11.4. The first-order chi connectivity index (χ1) is 9.54. The van der Waals surface area contributed by atoms with Gasteiger partial charge in [-0.25, -0.2) is 4.79 Å². The molecule has 1 aliphatic heterocycles. The minimum atomic E-state index is -0.347. The van der Waals surface area contributed by atoms with Crippen molar-refractivity contribution in [3.63, 3.8) is 0 Å². The summed E-state index contributed by atoms with van der Waals surface area (Å²) >= 11 is 3.39. The van der Waals surface area contributed by atoms with Crippen molar-refractivity contribution >= 4 is 38.8 Å². The number of fused-ring (bicyclic) bond motifs is 1. The van der Waals surface area contributed by atoms with E-state index in [4.69, 9.17) is 4.74 Å². The molecule has 20 heavy (non-hydrogen) atoms. The number of aromatic nitrogens is 2. The highest BCUT2D eigenvalue weighted by atomic mass is 79.9. The van der Waals surface area contributed by atoms with E-state index in [2.05, 4.69) is 25.7 Å². The molecule has 0 amide bonds. The summed E-state index contributed by atoms with van der Waals surface area (Å²) in [5, 5.41) is 0.952. The van der Waals surface area contributed by atoms with Crippen LogP contribution in [0.2, 0.25) is 0 Å². The molecule has 0 N–H and O–H groups in total. The zero-order valence-electron chi connectivity index (χ0n) is 11.1. The minimum Gasteiger partial charge on any atom is -0.465 e. The van der Waals surface area contributed by atoms with E-state index in [0.29, 0.717) is 18.7 Å². The van der Waals surface area contributed by atoms with Crippen LogP contribution in [-0.4, -0.2) is 35.2 Å². The smallest absolute Gasteiger partial charge is 0.354 e. The van der Waals surface area contributed by atoms with Crippen LogP contribution in [0.4, 0.5) is 0 Å². The van der Waals surface area contributed by atoms with Crippen LogP contribution in [0.25, 0.3) is 10.9 Å². The summed E-state index contributed by atoms with van der Waals surface area (Å²) in [6.45, 7) is 0.638. The molecule has 0 spiro atoms. The van der Waals surface area contributed by atoms with Crippen molar-refractivity contribution in [3.8, 4) is 0 Å². The number of cyclic esters (lactones) is 1. The van der Waals surface area contributed by atoms with Crippen LogP contribution >= 0.6 is 15.9 Å². The highest BCUT2D eigenvalue weighted by molar-refractivity contribution is 9.10. The number of rotatable bonds is 1. The van der Waals surface area contributed by atoms with Gasteiger partial charge >= 0.3 is 11.9 Å². The van der Waals surface area contributed by atoms with Gasteiger partial charge in [-0.1, -0.05) is 0 Å². The van der Waals surface area contributed by atoms with Gasteiger partial charge in [-0.3, -0.25) is 9.78 Å². The molecule has 1 fully saturated rings. The average molecular weight is 341 g/mol. The van der Waals surface area contributed by atoms with Gasteiger partial charge in [0.2, 0.25) is 0 Å². The lowest BCUT2D eigenvalue weighted by atomic mass is 10.3. The predicted molar refractivity (Wildman–Crippen MR) is 75.3 cm³/mol. The molecular weight excluding hydrogens is 328 g/mol. The number of ether oxygens (including phenoxy) is 2. The second-order valence-corrected chi connectivity index (χ2v) is 4.96. The summed E-state index contributed by atoms with van der Waals surface area (Å²) in [5.41, 5.74) is 1.41. The Bertz CT molecular complexity index is 660. The third kappa shape index (κ3) is 2.82. The van der Waals surface area contributed by atoms with Gasteiger partial charge in [0, 0.05) is 23.1 Å². The summed E-state index contributed by atoms with van der Waals surface area (Å²) in [6.07, 6.45) is 4.04. The van der Waals surface area contributed by atoms with Gasteiger partial charge in [0.1, 0.15) is 12.3 Å². The highest BCUT2D eigenvalue weighted by Crippen LogP contribution is 2.25. The molecule has 1 saturated heterocycles. The third-order valence-corrected chi connectivity index (χ3v) is 3.52. The zero-order valence-corrected chi connectivity index (χ0v) is 12.6. The zero-order chi connectivity index (χ0) is 14.7. The lowest BCUT2D eigenvalue weighted by molar-refractivity contribution is -0.157. The normalized spacial score (nSPS) is 13.1. The van der Waals surface area contributed by atoms with E-state index >= 15 is 0 Å². The maximum atomic E-state index is 11.4. The molecule has 1 aliphatic rings. The van der Waals surface area contributed by atoms with E-state index in [9.17, 15) is 9.59 Å². The molecule has 0 aromatic carbocycles. The number of aryl methyl sites for hydroxylation is 1.